The second kappa shape index (κ2) is 5.62. The molecule has 0 unspecified atom stereocenters. The predicted octanol–water partition coefficient (Wildman–Crippen LogP) is 1.72. The number of halogens is 1. The number of aromatic nitrogens is 2. The number of amides is 1. The first-order valence-corrected chi connectivity index (χ1v) is 6.72. The average molecular weight is 340 g/mol. The summed E-state index contributed by atoms with van der Waals surface area (Å²) in [5.41, 5.74) is 1.20. The van der Waals surface area contributed by atoms with Crippen LogP contribution in [0.15, 0.2) is 32.2 Å². The topological polar surface area (TPSA) is 68.3 Å². The molecule has 0 aliphatic carbocycles. The van der Waals surface area contributed by atoms with Gasteiger partial charge in [0.05, 0.1) is 6.54 Å². The largest absolute Gasteiger partial charge is 0.364 e. The third-order valence-corrected chi connectivity index (χ3v) is 3.93. The fourth-order valence-electron chi connectivity index (χ4n) is 1.78. The Hall–Kier alpha value is -1.89. The number of rotatable bonds is 3. The van der Waals surface area contributed by atoms with Gasteiger partial charge in [0.1, 0.15) is 17.5 Å². The van der Waals surface area contributed by atoms with Crippen molar-refractivity contribution in [3.63, 3.8) is 0 Å². The van der Waals surface area contributed by atoms with Gasteiger partial charge in [-0.05, 0) is 28.9 Å². The van der Waals surface area contributed by atoms with Gasteiger partial charge in [0.25, 0.3) is 11.5 Å². The van der Waals surface area contributed by atoms with Gasteiger partial charge in [0.15, 0.2) is 0 Å². The van der Waals surface area contributed by atoms with E-state index >= 15 is 0 Å². The van der Waals surface area contributed by atoms with Crippen molar-refractivity contribution >= 4 is 21.8 Å². The van der Waals surface area contributed by atoms with Crippen LogP contribution in [0.4, 0.5) is 0 Å². The lowest BCUT2D eigenvalue weighted by Gasteiger charge is -2.16. The molecule has 0 atom stereocenters. The lowest BCUT2D eigenvalue weighted by atomic mass is 10.2. The molecule has 0 spiro atoms. The Morgan fingerprint density at radius 1 is 1.55 bits per heavy atom. The molecule has 0 aromatic carbocycles. The van der Waals surface area contributed by atoms with Crippen LogP contribution in [0.2, 0.25) is 0 Å². The van der Waals surface area contributed by atoms with Gasteiger partial charge in [0, 0.05) is 30.3 Å². The molecule has 106 valence electrons. The average Bonchev–Trinajstić information content (AvgIpc) is 2.92. The number of carbonyl (C=O) groups excluding carboxylic acids is 1. The summed E-state index contributed by atoms with van der Waals surface area (Å²) in [6, 6.07) is 3.23. The predicted molar refractivity (Wildman–Crippen MR) is 76.4 cm³/mol. The smallest absolute Gasteiger partial charge is 0.263 e. The molecule has 0 aliphatic heterocycles. The van der Waals surface area contributed by atoms with Crippen molar-refractivity contribution < 1.29 is 9.32 Å². The van der Waals surface area contributed by atoms with E-state index in [1.807, 2.05) is 0 Å². The molecule has 2 aromatic heterocycles. The maximum Gasteiger partial charge on any atom is 0.263 e. The van der Waals surface area contributed by atoms with Crippen molar-refractivity contribution in [1.82, 2.24) is 14.6 Å². The third-order valence-electron chi connectivity index (χ3n) is 3.12. The fraction of sp³-hybridized carbons (Fsp3) is 0.308. The molecule has 0 saturated heterocycles. The quantitative estimate of drug-likeness (QED) is 0.853. The second-order valence-electron chi connectivity index (χ2n) is 4.51. The molecule has 2 aromatic rings. The van der Waals surface area contributed by atoms with Crippen LogP contribution in [0.25, 0.3) is 0 Å². The third kappa shape index (κ3) is 2.67. The van der Waals surface area contributed by atoms with Crippen LogP contribution in [0.5, 0.6) is 0 Å². The highest BCUT2D eigenvalue weighted by atomic mass is 79.9. The first-order chi connectivity index (χ1) is 9.41. The van der Waals surface area contributed by atoms with E-state index in [1.54, 1.807) is 33.2 Å². The van der Waals surface area contributed by atoms with E-state index in [1.165, 1.54) is 15.7 Å². The highest BCUT2D eigenvalue weighted by Gasteiger charge is 2.19. The summed E-state index contributed by atoms with van der Waals surface area (Å²) in [5.74, 6) is -0.352. The lowest BCUT2D eigenvalue weighted by Crippen LogP contribution is -2.34. The van der Waals surface area contributed by atoms with E-state index in [9.17, 15) is 9.59 Å². The molecule has 1 amide bonds. The van der Waals surface area contributed by atoms with Crippen LogP contribution >= 0.6 is 15.9 Å². The standard InChI is InChI=1S/C13H14BrN3O3/c1-8-11(14)6-10(13(19)17(8)3)12(18)16(2)7-9-4-5-20-15-9/h4-6H,7H2,1-3H3. The monoisotopic (exact) mass is 339 g/mol. The van der Waals surface area contributed by atoms with E-state index < -0.39 is 0 Å². The summed E-state index contributed by atoms with van der Waals surface area (Å²) in [6.07, 6.45) is 1.44. The minimum Gasteiger partial charge on any atom is -0.364 e. The van der Waals surface area contributed by atoms with Gasteiger partial charge in [0.2, 0.25) is 0 Å². The van der Waals surface area contributed by atoms with Crippen LogP contribution in [0.1, 0.15) is 21.7 Å². The molecule has 20 heavy (non-hydrogen) atoms. The molecule has 2 rings (SSSR count). The SMILES string of the molecule is Cc1c(Br)cc(C(=O)N(C)Cc2ccon2)c(=O)n1C. The van der Waals surface area contributed by atoms with Crippen molar-refractivity contribution in [1.29, 1.82) is 0 Å². The molecule has 0 fully saturated rings. The Bertz CT molecular complexity index is 692. The van der Waals surface area contributed by atoms with E-state index in [0.29, 0.717) is 5.69 Å². The number of nitrogens with zero attached hydrogens (tertiary/aromatic N) is 3. The normalized spacial score (nSPS) is 10.6. The summed E-state index contributed by atoms with van der Waals surface area (Å²) in [7, 11) is 3.25. The molecular formula is C13H14BrN3O3. The number of pyridine rings is 1. The maximum absolute atomic E-state index is 12.3. The Morgan fingerprint density at radius 3 is 2.85 bits per heavy atom. The molecule has 0 radical (unpaired) electrons. The molecule has 2 heterocycles. The Morgan fingerprint density at radius 2 is 2.25 bits per heavy atom. The zero-order chi connectivity index (χ0) is 14.9. The van der Waals surface area contributed by atoms with E-state index in [-0.39, 0.29) is 23.6 Å². The summed E-state index contributed by atoms with van der Waals surface area (Å²) < 4.78 is 6.88. The van der Waals surface area contributed by atoms with Gasteiger partial charge in [-0.2, -0.15) is 0 Å². The second-order valence-corrected chi connectivity index (χ2v) is 5.36. The zero-order valence-electron chi connectivity index (χ0n) is 11.4. The lowest BCUT2D eigenvalue weighted by molar-refractivity contribution is 0.0779. The molecular weight excluding hydrogens is 326 g/mol. The van der Waals surface area contributed by atoms with Gasteiger partial charge >= 0.3 is 0 Å². The van der Waals surface area contributed by atoms with Crippen molar-refractivity contribution in [3.05, 3.63) is 50.2 Å². The molecule has 6 nitrogen and oxygen atoms in total. The van der Waals surface area contributed by atoms with Crippen LogP contribution < -0.4 is 5.56 Å². The zero-order valence-corrected chi connectivity index (χ0v) is 13.0. The van der Waals surface area contributed by atoms with Crippen LogP contribution in [0.3, 0.4) is 0 Å². The highest BCUT2D eigenvalue weighted by Crippen LogP contribution is 2.15. The summed E-state index contributed by atoms with van der Waals surface area (Å²) in [5, 5.41) is 3.74. The first-order valence-electron chi connectivity index (χ1n) is 5.92. The van der Waals surface area contributed by atoms with E-state index in [2.05, 4.69) is 21.1 Å². The number of carbonyl (C=O) groups is 1. The Labute approximate surface area is 124 Å². The molecule has 7 heteroatoms. The molecule has 0 saturated carbocycles. The van der Waals surface area contributed by atoms with Crippen molar-refractivity contribution in [2.45, 2.75) is 13.5 Å². The Kier molecular flexibility index (Phi) is 4.08. The van der Waals surface area contributed by atoms with E-state index in [4.69, 9.17) is 4.52 Å². The van der Waals surface area contributed by atoms with Gasteiger partial charge in [-0.25, -0.2) is 0 Å². The number of hydrogen-bond donors (Lipinski definition) is 0. The summed E-state index contributed by atoms with van der Waals surface area (Å²) >= 11 is 3.35. The minimum absolute atomic E-state index is 0.121. The van der Waals surface area contributed by atoms with Crippen molar-refractivity contribution in [2.75, 3.05) is 7.05 Å². The fourth-order valence-corrected chi connectivity index (χ4v) is 2.27. The summed E-state index contributed by atoms with van der Waals surface area (Å²) in [4.78, 5) is 25.9. The van der Waals surface area contributed by atoms with Gasteiger partial charge in [-0.1, -0.05) is 5.16 Å². The van der Waals surface area contributed by atoms with Gasteiger partial charge < -0.3 is 14.0 Å². The molecule has 0 aliphatic rings. The Balaban J connectivity index is 2.32. The van der Waals surface area contributed by atoms with Crippen LogP contribution in [0, 0.1) is 6.92 Å². The molecule has 0 bridgehead atoms. The van der Waals surface area contributed by atoms with Crippen LogP contribution in [-0.2, 0) is 13.6 Å². The molecule has 0 N–H and O–H groups in total. The van der Waals surface area contributed by atoms with Gasteiger partial charge in [-0.3, -0.25) is 9.59 Å². The maximum atomic E-state index is 12.3. The first kappa shape index (κ1) is 14.5. The summed E-state index contributed by atoms with van der Waals surface area (Å²) in [6.45, 7) is 2.09. The van der Waals surface area contributed by atoms with E-state index in [0.717, 1.165) is 10.2 Å². The number of hydrogen-bond acceptors (Lipinski definition) is 4. The van der Waals surface area contributed by atoms with Crippen molar-refractivity contribution in [3.8, 4) is 0 Å². The highest BCUT2D eigenvalue weighted by molar-refractivity contribution is 9.10. The minimum atomic E-state index is -0.352. The van der Waals surface area contributed by atoms with Gasteiger partial charge in [-0.15, -0.1) is 0 Å². The van der Waals surface area contributed by atoms with Crippen LogP contribution in [-0.4, -0.2) is 27.6 Å². The van der Waals surface area contributed by atoms with Crippen molar-refractivity contribution in [2.24, 2.45) is 7.05 Å².